The summed E-state index contributed by atoms with van der Waals surface area (Å²) in [6.45, 7) is 5.82. The van der Waals surface area contributed by atoms with Gasteiger partial charge in [0.25, 0.3) is 0 Å². The third kappa shape index (κ3) is 4.09. The molecule has 31 heavy (non-hydrogen) atoms. The molecule has 2 aromatic heterocycles. The van der Waals surface area contributed by atoms with Gasteiger partial charge in [0.05, 0.1) is 19.0 Å². The van der Waals surface area contributed by atoms with Crippen molar-refractivity contribution in [2.75, 3.05) is 57.8 Å². The van der Waals surface area contributed by atoms with E-state index in [0.29, 0.717) is 6.54 Å². The average molecular weight is 438 g/mol. The Morgan fingerprint density at radius 1 is 1.03 bits per heavy atom. The highest BCUT2D eigenvalue weighted by Crippen LogP contribution is 2.38. The molecule has 1 amide bonds. The summed E-state index contributed by atoms with van der Waals surface area (Å²) < 4.78 is 5.30. The number of carbonyl (C=O) groups is 1. The maximum Gasteiger partial charge on any atom is 0.236 e. The summed E-state index contributed by atoms with van der Waals surface area (Å²) in [6.07, 6.45) is 3.94. The second kappa shape index (κ2) is 8.80. The Bertz CT molecular complexity index is 1050. The molecule has 0 aliphatic carbocycles. The van der Waals surface area contributed by atoms with Crippen molar-refractivity contribution in [3.8, 4) is 16.9 Å². The van der Waals surface area contributed by atoms with Gasteiger partial charge in [-0.05, 0) is 30.5 Å². The summed E-state index contributed by atoms with van der Waals surface area (Å²) in [6, 6.07) is 8.13. The van der Waals surface area contributed by atoms with E-state index in [1.165, 1.54) is 0 Å². The molecule has 0 bridgehead atoms. The minimum absolute atomic E-state index is 0.273. The number of hydrogen-bond acceptors (Lipinski definition) is 7. The number of methoxy groups -OCH3 is 1. The minimum atomic E-state index is 0.273. The molecule has 0 saturated carbocycles. The van der Waals surface area contributed by atoms with Crippen molar-refractivity contribution >= 4 is 33.3 Å². The van der Waals surface area contributed by atoms with E-state index in [-0.39, 0.29) is 5.91 Å². The van der Waals surface area contributed by atoms with Gasteiger partial charge in [-0.15, -0.1) is 11.3 Å². The smallest absolute Gasteiger partial charge is 0.236 e. The highest BCUT2D eigenvalue weighted by molar-refractivity contribution is 7.17. The fourth-order valence-corrected chi connectivity index (χ4v) is 5.37. The van der Waals surface area contributed by atoms with Gasteiger partial charge >= 0.3 is 0 Å². The lowest BCUT2D eigenvalue weighted by Crippen LogP contribution is -2.50. The molecule has 2 saturated heterocycles. The quantitative estimate of drug-likeness (QED) is 0.611. The SMILES string of the molecule is COc1ccc(-c2csc3ncnc(N4CCN(CC(=O)N5CCCC5)CC4)c23)cc1. The number of benzene rings is 1. The molecular weight excluding hydrogens is 410 g/mol. The second-order valence-corrected chi connectivity index (χ2v) is 8.96. The predicted molar refractivity (Wildman–Crippen MR) is 124 cm³/mol. The zero-order valence-electron chi connectivity index (χ0n) is 17.8. The van der Waals surface area contributed by atoms with Gasteiger partial charge in [-0.2, -0.15) is 0 Å². The normalized spacial score (nSPS) is 17.5. The monoisotopic (exact) mass is 437 g/mol. The van der Waals surface area contributed by atoms with Crippen molar-refractivity contribution in [1.82, 2.24) is 19.8 Å². The molecule has 0 unspecified atom stereocenters. The molecule has 2 aliphatic rings. The number of fused-ring (bicyclic) bond motifs is 1. The van der Waals surface area contributed by atoms with Crippen LogP contribution in [0.1, 0.15) is 12.8 Å². The molecule has 0 spiro atoms. The number of thiophene rings is 1. The van der Waals surface area contributed by atoms with E-state index in [2.05, 4.69) is 37.3 Å². The lowest BCUT2D eigenvalue weighted by Gasteiger charge is -2.36. The maximum absolute atomic E-state index is 12.5. The molecule has 1 aromatic carbocycles. The number of likely N-dealkylation sites (tertiary alicyclic amines) is 1. The van der Waals surface area contributed by atoms with E-state index >= 15 is 0 Å². The Morgan fingerprint density at radius 2 is 1.77 bits per heavy atom. The first-order valence-corrected chi connectivity index (χ1v) is 11.7. The maximum atomic E-state index is 12.5. The largest absolute Gasteiger partial charge is 0.497 e. The number of piperazine rings is 1. The number of carbonyl (C=O) groups excluding carboxylic acids is 1. The molecule has 162 valence electrons. The van der Waals surface area contributed by atoms with Crippen LogP contribution in [0.4, 0.5) is 5.82 Å². The third-order valence-electron chi connectivity index (χ3n) is 6.24. The molecule has 3 aromatic rings. The van der Waals surface area contributed by atoms with Gasteiger partial charge in [-0.25, -0.2) is 9.97 Å². The number of nitrogens with zero attached hydrogens (tertiary/aromatic N) is 5. The van der Waals surface area contributed by atoms with Crippen LogP contribution >= 0.6 is 11.3 Å². The highest BCUT2D eigenvalue weighted by Gasteiger charge is 2.25. The first kappa shape index (κ1) is 20.2. The van der Waals surface area contributed by atoms with Gasteiger partial charge in [0.2, 0.25) is 5.91 Å². The summed E-state index contributed by atoms with van der Waals surface area (Å²) in [7, 11) is 1.68. The fourth-order valence-electron chi connectivity index (χ4n) is 4.46. The molecule has 0 N–H and O–H groups in total. The van der Waals surface area contributed by atoms with Crippen molar-refractivity contribution in [3.63, 3.8) is 0 Å². The zero-order valence-corrected chi connectivity index (χ0v) is 18.6. The molecule has 2 aliphatic heterocycles. The van der Waals surface area contributed by atoms with Crippen LogP contribution in [0.2, 0.25) is 0 Å². The van der Waals surface area contributed by atoms with Crippen LogP contribution in [0, 0.1) is 0 Å². The van der Waals surface area contributed by atoms with E-state index in [4.69, 9.17) is 4.74 Å². The van der Waals surface area contributed by atoms with Gasteiger partial charge in [0.1, 0.15) is 22.7 Å². The molecule has 2 fully saturated rings. The second-order valence-electron chi connectivity index (χ2n) is 8.11. The van der Waals surface area contributed by atoms with Gasteiger partial charge < -0.3 is 14.5 Å². The van der Waals surface area contributed by atoms with Crippen LogP contribution in [0.15, 0.2) is 36.0 Å². The minimum Gasteiger partial charge on any atom is -0.497 e. The summed E-state index contributed by atoms with van der Waals surface area (Å²) in [5, 5.41) is 3.27. The Balaban J connectivity index is 1.33. The molecule has 0 atom stereocenters. The molecule has 7 nitrogen and oxygen atoms in total. The van der Waals surface area contributed by atoms with E-state index in [0.717, 1.165) is 85.0 Å². The number of hydrogen-bond donors (Lipinski definition) is 0. The summed E-state index contributed by atoms with van der Waals surface area (Å²) in [4.78, 5) is 29.3. The average Bonchev–Trinajstić information content (AvgIpc) is 3.50. The highest BCUT2D eigenvalue weighted by atomic mass is 32.1. The number of amides is 1. The summed E-state index contributed by atoms with van der Waals surface area (Å²) >= 11 is 1.65. The van der Waals surface area contributed by atoms with Gasteiger partial charge in [-0.3, -0.25) is 9.69 Å². The van der Waals surface area contributed by atoms with Crippen LogP contribution < -0.4 is 9.64 Å². The van der Waals surface area contributed by atoms with Crippen molar-refractivity contribution in [2.45, 2.75) is 12.8 Å². The molecular formula is C23H27N5O2S. The third-order valence-corrected chi connectivity index (χ3v) is 7.13. The van der Waals surface area contributed by atoms with Gasteiger partial charge in [0.15, 0.2) is 0 Å². The first-order chi connectivity index (χ1) is 15.2. The molecule has 8 heteroatoms. The standard InChI is InChI=1S/C23H27N5O2S/c1-30-18-6-4-17(5-7-18)19-15-31-23-21(19)22(24-16-25-23)28-12-10-26(11-13-28)14-20(29)27-8-2-3-9-27/h4-7,15-16H,2-3,8-14H2,1H3. The van der Waals surface area contributed by atoms with Crippen LogP contribution in [0.3, 0.4) is 0 Å². The lowest BCUT2D eigenvalue weighted by molar-refractivity contribution is -0.131. The zero-order chi connectivity index (χ0) is 21.2. The van der Waals surface area contributed by atoms with E-state index in [9.17, 15) is 4.79 Å². The van der Waals surface area contributed by atoms with Crippen LogP contribution in [-0.4, -0.2) is 78.6 Å². The van der Waals surface area contributed by atoms with Crippen molar-refractivity contribution < 1.29 is 9.53 Å². The van der Waals surface area contributed by atoms with Gasteiger partial charge in [-0.1, -0.05) is 12.1 Å². The predicted octanol–water partition coefficient (Wildman–Crippen LogP) is 3.11. The lowest BCUT2D eigenvalue weighted by atomic mass is 10.1. The summed E-state index contributed by atoms with van der Waals surface area (Å²) in [5.41, 5.74) is 2.29. The molecule has 5 rings (SSSR count). The summed E-state index contributed by atoms with van der Waals surface area (Å²) in [5.74, 6) is 2.11. The number of rotatable bonds is 5. The van der Waals surface area contributed by atoms with Gasteiger partial charge in [0, 0.05) is 50.2 Å². The van der Waals surface area contributed by atoms with E-state index < -0.39 is 0 Å². The molecule has 4 heterocycles. The van der Waals surface area contributed by atoms with Crippen molar-refractivity contribution in [3.05, 3.63) is 36.0 Å². The topological polar surface area (TPSA) is 61.8 Å². The number of aromatic nitrogens is 2. The van der Waals surface area contributed by atoms with Crippen LogP contribution in [-0.2, 0) is 4.79 Å². The van der Waals surface area contributed by atoms with E-state index in [1.807, 2.05) is 17.0 Å². The van der Waals surface area contributed by atoms with E-state index in [1.54, 1.807) is 24.8 Å². The Kier molecular flexibility index (Phi) is 5.74. The molecule has 0 radical (unpaired) electrons. The number of anilines is 1. The van der Waals surface area contributed by atoms with Crippen LogP contribution in [0.25, 0.3) is 21.3 Å². The van der Waals surface area contributed by atoms with Crippen molar-refractivity contribution in [1.29, 1.82) is 0 Å². The Hall–Kier alpha value is -2.71. The fraction of sp³-hybridized carbons (Fsp3) is 0.435. The number of ether oxygens (including phenoxy) is 1. The Labute approximate surface area is 186 Å². The Morgan fingerprint density at radius 3 is 2.48 bits per heavy atom. The van der Waals surface area contributed by atoms with Crippen LogP contribution in [0.5, 0.6) is 5.75 Å². The van der Waals surface area contributed by atoms with Crippen molar-refractivity contribution in [2.24, 2.45) is 0 Å². The first-order valence-electron chi connectivity index (χ1n) is 10.8.